The monoisotopic (exact) mass is 436 g/mol. The first-order valence-corrected chi connectivity index (χ1v) is 10.7. The Morgan fingerprint density at radius 2 is 1.62 bits per heavy atom. The van der Waals surface area contributed by atoms with Gasteiger partial charge in [-0.25, -0.2) is 0 Å². The van der Waals surface area contributed by atoms with Gasteiger partial charge < -0.3 is 23.7 Å². The summed E-state index contributed by atoms with van der Waals surface area (Å²) < 4.78 is 16.3. The quantitative estimate of drug-likeness (QED) is 0.611. The number of carbonyl (C=O) groups is 2. The van der Waals surface area contributed by atoms with Crippen LogP contribution in [0.1, 0.15) is 27.0 Å². The van der Waals surface area contributed by atoms with Gasteiger partial charge in [0.05, 0.1) is 26.9 Å². The fourth-order valence-electron chi connectivity index (χ4n) is 4.11. The Morgan fingerprint density at radius 3 is 2.31 bits per heavy atom. The lowest BCUT2D eigenvalue weighted by atomic mass is 10.0. The van der Waals surface area contributed by atoms with E-state index in [0.29, 0.717) is 49.7 Å². The van der Waals surface area contributed by atoms with Gasteiger partial charge in [-0.3, -0.25) is 9.59 Å². The van der Waals surface area contributed by atoms with Crippen LogP contribution in [0.3, 0.4) is 0 Å². The molecule has 1 aromatic heterocycles. The minimum atomic E-state index is -0.0790. The van der Waals surface area contributed by atoms with Crippen molar-refractivity contribution in [2.24, 2.45) is 0 Å². The highest BCUT2D eigenvalue weighted by Crippen LogP contribution is 2.29. The molecule has 0 unspecified atom stereocenters. The molecule has 4 rings (SSSR count). The summed E-state index contributed by atoms with van der Waals surface area (Å²) in [5, 5.41) is 0.990. The SMILES string of the molecule is COc1ccc(C(=O)N2CCN(C(=O)Cc3coc4c(C)c(C)ccc34)CC2)cc1OC. The number of fused-ring (bicyclic) bond motifs is 1. The second-order valence-electron chi connectivity index (χ2n) is 8.06. The van der Waals surface area contributed by atoms with Crippen molar-refractivity contribution in [1.29, 1.82) is 0 Å². The van der Waals surface area contributed by atoms with E-state index in [9.17, 15) is 9.59 Å². The van der Waals surface area contributed by atoms with E-state index in [1.54, 1.807) is 43.6 Å². The van der Waals surface area contributed by atoms with E-state index < -0.39 is 0 Å². The number of piperazine rings is 1. The number of hydrogen-bond acceptors (Lipinski definition) is 5. The number of nitrogens with zero attached hydrogens (tertiary/aromatic N) is 2. The number of methoxy groups -OCH3 is 2. The third-order valence-electron chi connectivity index (χ3n) is 6.23. The smallest absolute Gasteiger partial charge is 0.254 e. The normalized spacial score (nSPS) is 14.0. The molecule has 0 spiro atoms. The van der Waals surface area contributed by atoms with Crippen LogP contribution in [0.2, 0.25) is 0 Å². The van der Waals surface area contributed by atoms with Gasteiger partial charge in [-0.2, -0.15) is 0 Å². The van der Waals surface area contributed by atoms with E-state index in [4.69, 9.17) is 13.9 Å². The van der Waals surface area contributed by atoms with E-state index >= 15 is 0 Å². The standard InChI is InChI=1S/C25H28N2O5/c1-16-5-7-20-19(15-32-24(20)17(16)2)14-23(28)26-9-11-27(12-10-26)25(29)18-6-8-21(30-3)22(13-18)31-4/h5-8,13,15H,9-12,14H2,1-4H3. The predicted octanol–water partition coefficient (Wildman–Crippen LogP) is 3.59. The summed E-state index contributed by atoms with van der Waals surface area (Å²) >= 11 is 0. The molecule has 1 aliphatic heterocycles. The highest BCUT2D eigenvalue weighted by Gasteiger charge is 2.26. The molecule has 2 aromatic carbocycles. The minimum Gasteiger partial charge on any atom is -0.493 e. The molecule has 1 aliphatic rings. The van der Waals surface area contributed by atoms with Crippen LogP contribution in [0.4, 0.5) is 0 Å². The van der Waals surface area contributed by atoms with E-state index in [2.05, 4.69) is 6.07 Å². The molecule has 168 valence electrons. The average molecular weight is 437 g/mol. The van der Waals surface area contributed by atoms with Crippen molar-refractivity contribution in [3.63, 3.8) is 0 Å². The molecule has 1 saturated heterocycles. The Kier molecular flexibility index (Phi) is 6.08. The number of furan rings is 1. The van der Waals surface area contributed by atoms with Crippen molar-refractivity contribution in [2.45, 2.75) is 20.3 Å². The molecule has 0 radical (unpaired) electrons. The summed E-state index contributed by atoms with van der Waals surface area (Å²) in [5.41, 5.74) is 4.55. The second-order valence-corrected chi connectivity index (χ2v) is 8.06. The fourth-order valence-corrected chi connectivity index (χ4v) is 4.11. The first kappa shape index (κ1) is 21.7. The van der Waals surface area contributed by atoms with Crippen LogP contribution in [0.15, 0.2) is 41.0 Å². The van der Waals surface area contributed by atoms with Crippen molar-refractivity contribution in [3.05, 3.63) is 58.8 Å². The Balaban J connectivity index is 1.39. The molecule has 0 aliphatic carbocycles. The van der Waals surface area contributed by atoms with Crippen molar-refractivity contribution < 1.29 is 23.5 Å². The van der Waals surface area contributed by atoms with Crippen LogP contribution in [0.25, 0.3) is 11.0 Å². The maximum absolute atomic E-state index is 12.9. The highest BCUT2D eigenvalue weighted by atomic mass is 16.5. The zero-order valence-electron chi connectivity index (χ0n) is 18.9. The molecule has 2 amide bonds. The predicted molar refractivity (Wildman–Crippen MR) is 121 cm³/mol. The van der Waals surface area contributed by atoms with Gasteiger partial charge in [0.15, 0.2) is 11.5 Å². The van der Waals surface area contributed by atoms with Crippen LogP contribution in [0, 0.1) is 13.8 Å². The number of aryl methyl sites for hydroxylation is 2. The second kappa shape index (κ2) is 8.94. The molecule has 32 heavy (non-hydrogen) atoms. The summed E-state index contributed by atoms with van der Waals surface area (Å²) in [6, 6.07) is 9.22. The third-order valence-corrected chi connectivity index (χ3v) is 6.23. The molecule has 7 heteroatoms. The largest absolute Gasteiger partial charge is 0.493 e. The number of hydrogen-bond donors (Lipinski definition) is 0. The van der Waals surface area contributed by atoms with E-state index in [0.717, 1.165) is 22.1 Å². The van der Waals surface area contributed by atoms with Gasteiger partial charge in [-0.1, -0.05) is 12.1 Å². The molecule has 0 N–H and O–H groups in total. The molecule has 0 saturated carbocycles. The van der Waals surface area contributed by atoms with Crippen LogP contribution in [0.5, 0.6) is 11.5 Å². The first-order valence-electron chi connectivity index (χ1n) is 10.7. The lowest BCUT2D eigenvalue weighted by Gasteiger charge is -2.35. The summed E-state index contributed by atoms with van der Waals surface area (Å²) in [4.78, 5) is 29.4. The van der Waals surface area contributed by atoms with Gasteiger partial charge in [-0.05, 0) is 43.2 Å². The number of ether oxygens (including phenoxy) is 2. The zero-order chi connectivity index (χ0) is 22.8. The Hall–Kier alpha value is -3.48. The Labute approximate surface area is 187 Å². The Morgan fingerprint density at radius 1 is 0.938 bits per heavy atom. The van der Waals surface area contributed by atoms with Gasteiger partial charge in [0, 0.05) is 42.7 Å². The number of carbonyl (C=O) groups excluding carboxylic acids is 2. The number of amides is 2. The third kappa shape index (κ3) is 4.02. The van der Waals surface area contributed by atoms with Crippen molar-refractivity contribution in [2.75, 3.05) is 40.4 Å². The van der Waals surface area contributed by atoms with Crippen LogP contribution < -0.4 is 9.47 Å². The van der Waals surface area contributed by atoms with Gasteiger partial charge in [0.1, 0.15) is 5.58 Å². The molecule has 2 heterocycles. The van der Waals surface area contributed by atoms with Crippen LogP contribution in [-0.2, 0) is 11.2 Å². The fraction of sp³-hybridized carbons (Fsp3) is 0.360. The number of benzene rings is 2. The van der Waals surface area contributed by atoms with E-state index in [1.807, 2.05) is 24.8 Å². The van der Waals surface area contributed by atoms with E-state index in [-0.39, 0.29) is 11.8 Å². The van der Waals surface area contributed by atoms with Crippen LogP contribution >= 0.6 is 0 Å². The van der Waals surface area contributed by atoms with Crippen molar-refractivity contribution in [3.8, 4) is 11.5 Å². The van der Waals surface area contributed by atoms with Gasteiger partial charge in [-0.15, -0.1) is 0 Å². The van der Waals surface area contributed by atoms with Crippen molar-refractivity contribution >= 4 is 22.8 Å². The molecule has 7 nitrogen and oxygen atoms in total. The topological polar surface area (TPSA) is 72.2 Å². The molecule has 3 aromatic rings. The maximum atomic E-state index is 12.9. The summed E-state index contributed by atoms with van der Waals surface area (Å²) in [6.07, 6.45) is 1.98. The lowest BCUT2D eigenvalue weighted by Crippen LogP contribution is -2.51. The average Bonchev–Trinajstić information content (AvgIpc) is 3.23. The van der Waals surface area contributed by atoms with Gasteiger partial charge in [0.25, 0.3) is 5.91 Å². The highest BCUT2D eigenvalue weighted by molar-refractivity contribution is 5.95. The molecule has 0 atom stereocenters. The molecular weight excluding hydrogens is 408 g/mol. The Bertz CT molecular complexity index is 1160. The number of rotatable bonds is 5. The summed E-state index contributed by atoms with van der Waals surface area (Å²) in [6.45, 7) is 6.07. The molecular formula is C25H28N2O5. The summed E-state index contributed by atoms with van der Waals surface area (Å²) in [5.74, 6) is 1.07. The van der Waals surface area contributed by atoms with E-state index in [1.165, 1.54) is 5.56 Å². The minimum absolute atomic E-state index is 0.0455. The summed E-state index contributed by atoms with van der Waals surface area (Å²) in [7, 11) is 3.10. The van der Waals surface area contributed by atoms with Crippen molar-refractivity contribution in [1.82, 2.24) is 9.80 Å². The first-order chi connectivity index (χ1) is 15.4. The molecule has 0 bridgehead atoms. The lowest BCUT2D eigenvalue weighted by molar-refractivity contribution is -0.131. The zero-order valence-corrected chi connectivity index (χ0v) is 18.9. The molecule has 1 fully saturated rings. The van der Waals surface area contributed by atoms with Crippen LogP contribution in [-0.4, -0.2) is 62.0 Å². The van der Waals surface area contributed by atoms with Gasteiger partial charge in [0.2, 0.25) is 5.91 Å². The maximum Gasteiger partial charge on any atom is 0.254 e. The van der Waals surface area contributed by atoms with Gasteiger partial charge >= 0.3 is 0 Å².